The standard InChI is InChI=1S/C25H21F2N5O3.C12H15BFNO4/c1-15-24(29-17-11-19(14-28-13-17)31-6-8-35-9-7-31)20-4-2-16(26)10-23(20)30-25(15)21-12-18(32(33)34)3-5-22(21)27;1-11(2)12(3,4)19-13(18-11)9-7-8(15(16)17)5-6-10(9)14/h2-5,10-14H,6-9H2,1H3,(H,29,30);5-7H,1-4H3. The molecule has 17 heteroatoms. The lowest BCUT2D eigenvalue weighted by atomic mass is 9.78. The molecule has 0 radical (unpaired) electrons. The molecule has 0 bridgehead atoms. The van der Waals surface area contributed by atoms with Gasteiger partial charge >= 0.3 is 7.12 Å². The molecule has 0 aliphatic carbocycles. The molecule has 7 rings (SSSR count). The maximum Gasteiger partial charge on any atom is 0.498 e. The molecule has 2 aliphatic heterocycles. The molecule has 3 aromatic carbocycles. The molecule has 0 spiro atoms. The molecular weight excluding hydrogens is 708 g/mol. The molecule has 5 aromatic rings. The number of nitrogens with zero attached hydrogens (tertiary/aromatic N) is 5. The summed E-state index contributed by atoms with van der Waals surface area (Å²) in [6.45, 7) is 11.8. The number of aromatic nitrogens is 2. The number of hydrogen-bond acceptors (Lipinski definition) is 11. The Balaban J connectivity index is 0.000000221. The molecule has 280 valence electrons. The maximum atomic E-state index is 14.8. The largest absolute Gasteiger partial charge is 0.498 e. The van der Waals surface area contributed by atoms with E-state index in [1.807, 2.05) is 33.8 Å². The molecule has 2 aliphatic rings. The van der Waals surface area contributed by atoms with E-state index in [2.05, 4.69) is 20.2 Å². The van der Waals surface area contributed by atoms with Gasteiger partial charge in [-0.1, -0.05) is 0 Å². The zero-order valence-electron chi connectivity index (χ0n) is 30.1. The van der Waals surface area contributed by atoms with E-state index in [1.54, 1.807) is 25.4 Å². The molecule has 2 saturated heterocycles. The fourth-order valence-electron chi connectivity index (χ4n) is 6.00. The van der Waals surface area contributed by atoms with Crippen molar-refractivity contribution in [2.75, 3.05) is 36.5 Å². The van der Waals surface area contributed by atoms with Crippen molar-refractivity contribution in [2.24, 2.45) is 0 Å². The number of non-ortho nitro benzene ring substituents is 2. The zero-order valence-corrected chi connectivity index (χ0v) is 30.1. The first kappa shape index (κ1) is 38.1. The molecule has 4 heterocycles. The number of halogens is 3. The summed E-state index contributed by atoms with van der Waals surface area (Å²) >= 11 is 0. The van der Waals surface area contributed by atoms with E-state index in [0.717, 1.165) is 55.2 Å². The molecule has 0 unspecified atom stereocenters. The third kappa shape index (κ3) is 7.83. The third-order valence-corrected chi connectivity index (χ3v) is 9.67. The van der Waals surface area contributed by atoms with Gasteiger partial charge in [0.2, 0.25) is 0 Å². The van der Waals surface area contributed by atoms with Gasteiger partial charge in [-0.15, -0.1) is 0 Å². The Morgan fingerprint density at radius 2 is 1.46 bits per heavy atom. The Hall–Kier alpha value is -5.65. The summed E-state index contributed by atoms with van der Waals surface area (Å²) in [6.07, 6.45) is 3.43. The predicted octanol–water partition coefficient (Wildman–Crippen LogP) is 7.40. The van der Waals surface area contributed by atoms with Crippen LogP contribution < -0.4 is 15.7 Å². The van der Waals surface area contributed by atoms with Crippen LogP contribution in [0, 0.1) is 44.6 Å². The summed E-state index contributed by atoms with van der Waals surface area (Å²) in [7, 11) is -0.940. The van der Waals surface area contributed by atoms with Crippen molar-refractivity contribution in [1.29, 1.82) is 0 Å². The average molecular weight is 745 g/mol. The van der Waals surface area contributed by atoms with Crippen LogP contribution in [0.4, 0.5) is 41.6 Å². The van der Waals surface area contributed by atoms with Crippen molar-refractivity contribution >= 4 is 51.9 Å². The van der Waals surface area contributed by atoms with Gasteiger partial charge in [-0.2, -0.15) is 0 Å². The zero-order chi connectivity index (χ0) is 38.9. The van der Waals surface area contributed by atoms with Gasteiger partial charge < -0.3 is 24.3 Å². The van der Waals surface area contributed by atoms with E-state index in [9.17, 15) is 33.4 Å². The summed E-state index contributed by atoms with van der Waals surface area (Å²) in [5, 5.41) is 26.0. The Bertz CT molecular complexity index is 2240. The number of benzene rings is 3. The Kier molecular flexibility index (Phi) is 10.6. The topological polar surface area (TPSA) is 155 Å². The number of pyridine rings is 2. The first-order valence-electron chi connectivity index (χ1n) is 16.9. The minimum Gasteiger partial charge on any atom is -0.399 e. The van der Waals surface area contributed by atoms with Crippen LogP contribution >= 0.6 is 0 Å². The molecular formula is C37H36BF3N6O7. The second kappa shape index (κ2) is 15.0. The van der Waals surface area contributed by atoms with Gasteiger partial charge in [0.25, 0.3) is 11.4 Å². The van der Waals surface area contributed by atoms with Crippen LogP contribution in [0.5, 0.6) is 0 Å². The fourth-order valence-corrected chi connectivity index (χ4v) is 6.00. The number of hydrogen-bond donors (Lipinski definition) is 1. The quantitative estimate of drug-likeness (QED) is 0.101. The van der Waals surface area contributed by atoms with Crippen molar-refractivity contribution in [3.8, 4) is 11.3 Å². The van der Waals surface area contributed by atoms with E-state index >= 15 is 0 Å². The number of fused-ring (bicyclic) bond motifs is 1. The SMILES string of the molecule is CC1(C)OB(c2cc([N+](=O)[O-])ccc2F)OC1(C)C.Cc1c(-c2cc([N+](=O)[O-])ccc2F)nc2cc(F)ccc2c1Nc1cncc(N2CCOCC2)c1. The van der Waals surface area contributed by atoms with Crippen molar-refractivity contribution in [3.05, 3.63) is 116 Å². The summed E-state index contributed by atoms with van der Waals surface area (Å²) in [5.41, 5.74) is 1.54. The maximum absolute atomic E-state index is 14.8. The van der Waals surface area contributed by atoms with Crippen LogP contribution in [0.3, 0.4) is 0 Å². The van der Waals surface area contributed by atoms with Crippen LogP contribution in [0.1, 0.15) is 33.3 Å². The number of nitro benzene ring substituents is 2. The molecule has 0 atom stereocenters. The fraction of sp³-hybridized carbons (Fsp3) is 0.297. The summed E-state index contributed by atoms with van der Waals surface area (Å²) in [5.74, 6) is -1.74. The Morgan fingerprint density at radius 1 is 0.833 bits per heavy atom. The van der Waals surface area contributed by atoms with Crippen molar-refractivity contribution < 1.29 is 37.1 Å². The second-order valence-corrected chi connectivity index (χ2v) is 13.8. The van der Waals surface area contributed by atoms with Crippen LogP contribution in [-0.2, 0) is 14.0 Å². The van der Waals surface area contributed by atoms with E-state index < -0.39 is 45.6 Å². The van der Waals surface area contributed by atoms with E-state index in [4.69, 9.17) is 14.0 Å². The first-order chi connectivity index (χ1) is 25.5. The van der Waals surface area contributed by atoms with Gasteiger partial charge in [0.05, 0.1) is 74.9 Å². The molecule has 2 fully saturated rings. The van der Waals surface area contributed by atoms with Gasteiger partial charge in [0.15, 0.2) is 0 Å². The van der Waals surface area contributed by atoms with Gasteiger partial charge in [-0.05, 0) is 70.5 Å². The Labute approximate surface area is 308 Å². The normalized spacial score (nSPS) is 16.1. The first-order valence-corrected chi connectivity index (χ1v) is 16.9. The van der Waals surface area contributed by atoms with Crippen LogP contribution in [0.25, 0.3) is 22.2 Å². The minimum absolute atomic E-state index is 0.0360. The third-order valence-electron chi connectivity index (χ3n) is 9.67. The Morgan fingerprint density at radius 3 is 2.11 bits per heavy atom. The van der Waals surface area contributed by atoms with E-state index in [-0.39, 0.29) is 33.6 Å². The summed E-state index contributed by atoms with van der Waals surface area (Å²) in [6, 6.07) is 12.7. The van der Waals surface area contributed by atoms with Crippen LogP contribution in [0.2, 0.25) is 0 Å². The predicted molar refractivity (Wildman–Crippen MR) is 198 cm³/mol. The number of rotatable bonds is 7. The van der Waals surface area contributed by atoms with Crippen LogP contribution in [0.15, 0.2) is 73.1 Å². The van der Waals surface area contributed by atoms with Gasteiger partial charge in [0, 0.05) is 59.8 Å². The van der Waals surface area contributed by atoms with Gasteiger partial charge in [0.1, 0.15) is 17.5 Å². The lowest BCUT2D eigenvalue weighted by molar-refractivity contribution is -0.385. The molecule has 0 amide bonds. The minimum atomic E-state index is -0.940. The summed E-state index contributed by atoms with van der Waals surface area (Å²) in [4.78, 5) is 31.8. The highest BCUT2D eigenvalue weighted by atomic mass is 19.1. The molecule has 54 heavy (non-hydrogen) atoms. The second-order valence-electron chi connectivity index (χ2n) is 13.8. The number of anilines is 3. The highest BCUT2D eigenvalue weighted by molar-refractivity contribution is 6.62. The molecule has 0 saturated carbocycles. The van der Waals surface area contributed by atoms with Crippen LogP contribution in [-0.4, -0.2) is 64.4 Å². The molecule has 2 aromatic heterocycles. The van der Waals surface area contributed by atoms with Crippen molar-refractivity contribution in [2.45, 2.75) is 45.8 Å². The van der Waals surface area contributed by atoms with Crippen molar-refractivity contribution in [1.82, 2.24) is 9.97 Å². The highest BCUT2D eigenvalue weighted by Crippen LogP contribution is 2.39. The van der Waals surface area contributed by atoms with E-state index in [1.165, 1.54) is 12.1 Å². The lowest BCUT2D eigenvalue weighted by Crippen LogP contribution is -2.41. The highest BCUT2D eigenvalue weighted by Gasteiger charge is 2.52. The molecule has 1 N–H and O–H groups in total. The summed E-state index contributed by atoms with van der Waals surface area (Å²) < 4.78 is 59.5. The average Bonchev–Trinajstić information content (AvgIpc) is 3.35. The number of nitro groups is 2. The van der Waals surface area contributed by atoms with Gasteiger partial charge in [-0.3, -0.25) is 25.2 Å². The number of nitrogens with one attached hydrogen (secondary N) is 1. The number of morpholine rings is 1. The van der Waals surface area contributed by atoms with Gasteiger partial charge in [-0.25, -0.2) is 18.2 Å². The monoisotopic (exact) mass is 744 g/mol. The molecule has 13 nitrogen and oxygen atoms in total. The van der Waals surface area contributed by atoms with E-state index in [0.29, 0.717) is 35.5 Å². The number of ether oxygens (including phenoxy) is 1. The van der Waals surface area contributed by atoms with Crippen molar-refractivity contribution in [3.63, 3.8) is 0 Å². The smallest absolute Gasteiger partial charge is 0.399 e. The lowest BCUT2D eigenvalue weighted by Gasteiger charge is -2.32.